The second-order valence-electron chi connectivity index (χ2n) is 6.14. The first-order valence-electron chi connectivity index (χ1n) is 8.45. The second kappa shape index (κ2) is 9.45. The van der Waals surface area contributed by atoms with E-state index in [1.54, 1.807) is 19.1 Å². The van der Waals surface area contributed by atoms with Gasteiger partial charge in [0.2, 0.25) is 5.91 Å². The van der Waals surface area contributed by atoms with E-state index in [0.717, 1.165) is 17.2 Å². The fourth-order valence-corrected chi connectivity index (χ4v) is 2.96. The van der Waals surface area contributed by atoms with E-state index in [4.69, 9.17) is 4.74 Å². The molecule has 2 amide bonds. The number of methoxy groups -OCH3 is 1. The minimum absolute atomic E-state index is 0.0131. The molecule has 2 aromatic carbocycles. The highest BCUT2D eigenvalue weighted by atomic mass is 79.9. The Bertz CT molecular complexity index is 931. The molecule has 0 aliphatic carbocycles. The molecule has 0 saturated carbocycles. The number of aryl methyl sites for hydroxylation is 1. The van der Waals surface area contributed by atoms with Crippen LogP contribution in [0.25, 0.3) is 0 Å². The van der Waals surface area contributed by atoms with Crippen molar-refractivity contribution in [2.75, 3.05) is 19.0 Å². The number of rotatable bonds is 6. The monoisotopic (exact) mass is 450 g/mol. The van der Waals surface area contributed by atoms with Crippen molar-refractivity contribution in [3.05, 3.63) is 62.9 Å². The predicted octanol–water partition coefficient (Wildman–Crippen LogP) is 3.75. The highest BCUT2D eigenvalue weighted by Gasteiger charge is 2.15. The molecule has 148 valence electrons. The van der Waals surface area contributed by atoms with Crippen LogP contribution in [-0.2, 0) is 9.53 Å². The summed E-state index contributed by atoms with van der Waals surface area (Å²) >= 11 is 3.19. The summed E-state index contributed by atoms with van der Waals surface area (Å²) < 4.78 is 18.5. The van der Waals surface area contributed by atoms with Crippen LogP contribution >= 0.6 is 15.9 Å². The van der Waals surface area contributed by atoms with Crippen molar-refractivity contribution < 1.29 is 23.5 Å². The molecular formula is C20H20BrFN2O4. The van der Waals surface area contributed by atoms with Crippen molar-refractivity contribution >= 4 is 39.4 Å². The predicted molar refractivity (Wildman–Crippen MR) is 107 cm³/mol. The van der Waals surface area contributed by atoms with Gasteiger partial charge in [0, 0.05) is 23.1 Å². The lowest BCUT2D eigenvalue weighted by molar-refractivity contribution is -0.116. The van der Waals surface area contributed by atoms with E-state index in [1.165, 1.54) is 19.2 Å². The fourth-order valence-electron chi connectivity index (χ4n) is 2.53. The van der Waals surface area contributed by atoms with Crippen molar-refractivity contribution in [1.29, 1.82) is 0 Å². The zero-order valence-electron chi connectivity index (χ0n) is 15.7. The number of benzene rings is 2. The first-order chi connectivity index (χ1) is 13.2. The summed E-state index contributed by atoms with van der Waals surface area (Å²) in [5.41, 5.74) is 2.60. The number of hydrogen-bond acceptors (Lipinski definition) is 4. The Morgan fingerprint density at radius 2 is 1.82 bits per heavy atom. The van der Waals surface area contributed by atoms with E-state index in [0.29, 0.717) is 15.7 Å². The van der Waals surface area contributed by atoms with Crippen LogP contribution in [0.2, 0.25) is 0 Å². The zero-order chi connectivity index (χ0) is 20.8. The largest absolute Gasteiger partial charge is 0.465 e. The van der Waals surface area contributed by atoms with Crippen LogP contribution < -0.4 is 10.6 Å². The molecule has 28 heavy (non-hydrogen) atoms. The number of carbonyl (C=O) groups is 3. The van der Waals surface area contributed by atoms with E-state index in [1.807, 2.05) is 6.92 Å². The summed E-state index contributed by atoms with van der Waals surface area (Å²) in [6.07, 6.45) is 0.0131. The lowest BCUT2D eigenvalue weighted by Crippen LogP contribution is -2.28. The Kier molecular flexibility index (Phi) is 7.28. The van der Waals surface area contributed by atoms with Crippen LogP contribution in [0.5, 0.6) is 0 Å². The molecule has 0 fully saturated rings. The van der Waals surface area contributed by atoms with Crippen LogP contribution in [-0.4, -0.2) is 31.4 Å². The number of hydrogen-bond donors (Lipinski definition) is 2. The molecule has 0 spiro atoms. The Labute approximate surface area is 170 Å². The lowest BCUT2D eigenvalue weighted by atomic mass is 10.0. The summed E-state index contributed by atoms with van der Waals surface area (Å²) in [7, 11) is 1.29. The van der Waals surface area contributed by atoms with Gasteiger partial charge in [-0.1, -0.05) is 0 Å². The smallest absolute Gasteiger partial charge is 0.338 e. The van der Waals surface area contributed by atoms with Gasteiger partial charge < -0.3 is 15.4 Å². The summed E-state index contributed by atoms with van der Waals surface area (Å²) in [6.45, 7) is 3.70. The van der Waals surface area contributed by atoms with E-state index in [9.17, 15) is 18.8 Å². The SMILES string of the molecule is COC(=O)c1cc(NC(=O)CCNC(=O)c2cc(F)ccc2Br)cc(C)c1C. The normalized spacial score (nSPS) is 10.3. The number of carbonyl (C=O) groups excluding carboxylic acids is 3. The first kappa shape index (κ1) is 21.6. The minimum Gasteiger partial charge on any atom is -0.465 e. The van der Waals surface area contributed by atoms with Crippen molar-refractivity contribution in [2.24, 2.45) is 0 Å². The van der Waals surface area contributed by atoms with Crippen molar-refractivity contribution in [3.63, 3.8) is 0 Å². The quantitative estimate of drug-likeness (QED) is 0.656. The molecule has 0 saturated heterocycles. The van der Waals surface area contributed by atoms with Crippen molar-refractivity contribution in [1.82, 2.24) is 5.32 Å². The Hall–Kier alpha value is -2.74. The molecule has 0 radical (unpaired) electrons. The first-order valence-corrected chi connectivity index (χ1v) is 9.25. The molecule has 0 atom stereocenters. The molecule has 6 nitrogen and oxygen atoms in total. The Morgan fingerprint density at radius 3 is 2.50 bits per heavy atom. The fraction of sp³-hybridized carbons (Fsp3) is 0.250. The van der Waals surface area contributed by atoms with Gasteiger partial charge in [0.15, 0.2) is 0 Å². The van der Waals surface area contributed by atoms with E-state index < -0.39 is 17.7 Å². The third-order valence-corrected chi connectivity index (χ3v) is 4.86. The molecule has 0 heterocycles. The molecule has 2 rings (SSSR count). The topological polar surface area (TPSA) is 84.5 Å². The van der Waals surface area contributed by atoms with Gasteiger partial charge in [0.25, 0.3) is 5.91 Å². The number of nitrogens with one attached hydrogen (secondary N) is 2. The maximum Gasteiger partial charge on any atom is 0.338 e. The average Bonchev–Trinajstić information content (AvgIpc) is 2.65. The van der Waals surface area contributed by atoms with Gasteiger partial charge in [-0.3, -0.25) is 9.59 Å². The van der Waals surface area contributed by atoms with Crippen LogP contribution in [0.15, 0.2) is 34.8 Å². The van der Waals surface area contributed by atoms with Crippen LogP contribution in [0.3, 0.4) is 0 Å². The van der Waals surface area contributed by atoms with Gasteiger partial charge in [-0.2, -0.15) is 0 Å². The van der Waals surface area contributed by atoms with E-state index in [2.05, 4.69) is 26.6 Å². The van der Waals surface area contributed by atoms with E-state index in [-0.39, 0.29) is 24.4 Å². The maximum atomic E-state index is 13.3. The number of esters is 1. The Morgan fingerprint density at radius 1 is 1.11 bits per heavy atom. The highest BCUT2D eigenvalue weighted by Crippen LogP contribution is 2.21. The second-order valence-corrected chi connectivity index (χ2v) is 6.99. The Balaban J connectivity index is 1.96. The number of ether oxygens (including phenoxy) is 1. The molecule has 0 aromatic heterocycles. The van der Waals surface area contributed by atoms with Crippen molar-refractivity contribution in [2.45, 2.75) is 20.3 Å². The number of halogens is 2. The number of amides is 2. The third-order valence-electron chi connectivity index (χ3n) is 4.17. The standard InChI is InChI=1S/C20H20BrFN2O4/c1-11-8-14(10-15(12(11)2)20(27)28-3)24-18(25)6-7-23-19(26)16-9-13(22)4-5-17(16)21/h4-5,8-10H,6-7H2,1-3H3,(H,23,26)(H,24,25). The lowest BCUT2D eigenvalue weighted by Gasteiger charge is -2.12. The molecule has 0 aliphatic heterocycles. The average molecular weight is 451 g/mol. The summed E-state index contributed by atoms with van der Waals surface area (Å²) in [4.78, 5) is 36.1. The molecule has 2 N–H and O–H groups in total. The van der Waals surface area contributed by atoms with Gasteiger partial charge in [-0.15, -0.1) is 0 Å². The summed E-state index contributed by atoms with van der Waals surface area (Å²) in [5, 5.41) is 5.27. The zero-order valence-corrected chi connectivity index (χ0v) is 17.3. The maximum absolute atomic E-state index is 13.3. The van der Waals surface area contributed by atoms with Crippen LogP contribution in [0, 0.1) is 19.7 Å². The van der Waals surface area contributed by atoms with E-state index >= 15 is 0 Å². The number of anilines is 1. The van der Waals surface area contributed by atoms with Crippen LogP contribution in [0.1, 0.15) is 38.3 Å². The van der Waals surface area contributed by atoms with Gasteiger partial charge in [0.05, 0.1) is 18.2 Å². The minimum atomic E-state index is -0.526. The van der Waals surface area contributed by atoms with Gasteiger partial charge in [0.1, 0.15) is 5.82 Å². The molecular weight excluding hydrogens is 431 g/mol. The molecule has 2 aromatic rings. The highest BCUT2D eigenvalue weighted by molar-refractivity contribution is 9.10. The van der Waals surface area contributed by atoms with Gasteiger partial charge in [-0.05, 0) is 71.2 Å². The molecule has 0 unspecified atom stereocenters. The molecule has 8 heteroatoms. The summed E-state index contributed by atoms with van der Waals surface area (Å²) in [6, 6.07) is 7.09. The van der Waals surface area contributed by atoms with Gasteiger partial charge >= 0.3 is 5.97 Å². The third kappa shape index (κ3) is 5.39. The summed E-state index contributed by atoms with van der Waals surface area (Å²) in [5.74, 6) is -1.83. The van der Waals surface area contributed by atoms with Gasteiger partial charge in [-0.25, -0.2) is 9.18 Å². The van der Waals surface area contributed by atoms with Crippen molar-refractivity contribution in [3.8, 4) is 0 Å². The molecule has 0 aliphatic rings. The van der Waals surface area contributed by atoms with Crippen LogP contribution in [0.4, 0.5) is 10.1 Å². The molecule has 0 bridgehead atoms.